The van der Waals surface area contributed by atoms with E-state index in [4.69, 9.17) is 10.5 Å². The van der Waals surface area contributed by atoms with Crippen LogP contribution < -0.4 is 11.1 Å². The first kappa shape index (κ1) is 13.8. The number of amides is 1. The molecule has 1 aromatic carbocycles. The van der Waals surface area contributed by atoms with Crippen LogP contribution in [0.3, 0.4) is 0 Å². The zero-order valence-electron chi connectivity index (χ0n) is 11.4. The van der Waals surface area contributed by atoms with E-state index in [9.17, 15) is 4.79 Å². The molecule has 0 radical (unpaired) electrons. The fourth-order valence-electron chi connectivity index (χ4n) is 2.18. The molecule has 5 nitrogen and oxygen atoms in total. The minimum atomic E-state index is -0.163. The Hall–Kier alpha value is -1.59. The van der Waals surface area contributed by atoms with Gasteiger partial charge >= 0.3 is 0 Å². The van der Waals surface area contributed by atoms with Gasteiger partial charge in [-0.05, 0) is 38.1 Å². The van der Waals surface area contributed by atoms with Crippen LogP contribution in [0.2, 0.25) is 0 Å². The molecule has 3 N–H and O–H groups in total. The molecule has 1 aliphatic rings. The van der Waals surface area contributed by atoms with E-state index in [1.165, 1.54) is 0 Å². The van der Waals surface area contributed by atoms with Gasteiger partial charge < -0.3 is 15.8 Å². The number of carbonyl (C=O) groups excluding carboxylic acids is 1. The van der Waals surface area contributed by atoms with Crippen LogP contribution >= 0.6 is 0 Å². The summed E-state index contributed by atoms with van der Waals surface area (Å²) < 4.78 is 5.48. The van der Waals surface area contributed by atoms with Crippen molar-refractivity contribution in [2.24, 2.45) is 0 Å². The minimum absolute atomic E-state index is 0.00104. The quantitative estimate of drug-likeness (QED) is 0.807. The van der Waals surface area contributed by atoms with Gasteiger partial charge in [-0.1, -0.05) is 0 Å². The SMILES string of the molecule is CC1CN(C(C)C(=O)Nc2ccc(N)cc2)CCO1. The van der Waals surface area contributed by atoms with Gasteiger partial charge in [-0.3, -0.25) is 9.69 Å². The molecule has 2 unspecified atom stereocenters. The number of anilines is 2. The summed E-state index contributed by atoms with van der Waals surface area (Å²) in [6.07, 6.45) is 0.181. The Bertz CT molecular complexity index is 433. The van der Waals surface area contributed by atoms with E-state index in [0.29, 0.717) is 12.3 Å². The van der Waals surface area contributed by atoms with Crippen molar-refractivity contribution in [3.8, 4) is 0 Å². The first-order chi connectivity index (χ1) is 9.06. The van der Waals surface area contributed by atoms with Gasteiger partial charge in [0.05, 0.1) is 18.8 Å². The molecule has 1 fully saturated rings. The lowest BCUT2D eigenvalue weighted by molar-refractivity contribution is -0.123. The van der Waals surface area contributed by atoms with E-state index in [1.54, 1.807) is 12.1 Å². The van der Waals surface area contributed by atoms with E-state index in [1.807, 2.05) is 26.0 Å². The van der Waals surface area contributed by atoms with Gasteiger partial charge in [0, 0.05) is 24.5 Å². The maximum Gasteiger partial charge on any atom is 0.241 e. The van der Waals surface area contributed by atoms with Gasteiger partial charge in [-0.15, -0.1) is 0 Å². The van der Waals surface area contributed by atoms with Crippen LogP contribution in [0.4, 0.5) is 11.4 Å². The molecule has 104 valence electrons. The smallest absolute Gasteiger partial charge is 0.241 e. The lowest BCUT2D eigenvalue weighted by atomic mass is 10.2. The van der Waals surface area contributed by atoms with E-state index >= 15 is 0 Å². The van der Waals surface area contributed by atoms with E-state index < -0.39 is 0 Å². The fraction of sp³-hybridized carbons (Fsp3) is 0.500. The maximum absolute atomic E-state index is 12.2. The monoisotopic (exact) mass is 263 g/mol. The molecule has 0 aromatic heterocycles. The van der Waals surface area contributed by atoms with Gasteiger partial charge in [0.25, 0.3) is 0 Å². The number of carbonyl (C=O) groups is 1. The standard InChI is InChI=1S/C14H21N3O2/c1-10-9-17(7-8-19-10)11(2)14(18)16-13-5-3-12(15)4-6-13/h3-6,10-11H,7-9,15H2,1-2H3,(H,16,18). The Morgan fingerprint density at radius 3 is 2.79 bits per heavy atom. The third kappa shape index (κ3) is 3.68. The molecule has 1 aromatic rings. The van der Waals surface area contributed by atoms with Crippen molar-refractivity contribution in [2.45, 2.75) is 26.0 Å². The first-order valence-electron chi connectivity index (χ1n) is 6.58. The third-order valence-electron chi connectivity index (χ3n) is 3.38. The molecule has 1 aliphatic heterocycles. The van der Waals surface area contributed by atoms with E-state index in [2.05, 4.69) is 10.2 Å². The van der Waals surface area contributed by atoms with Crippen molar-refractivity contribution in [1.29, 1.82) is 0 Å². The number of hydrogen-bond acceptors (Lipinski definition) is 4. The van der Waals surface area contributed by atoms with Gasteiger partial charge in [0.15, 0.2) is 0 Å². The van der Waals surface area contributed by atoms with Crippen LogP contribution in [0, 0.1) is 0 Å². The van der Waals surface area contributed by atoms with Gasteiger partial charge in [0.2, 0.25) is 5.91 Å². The summed E-state index contributed by atoms with van der Waals surface area (Å²) in [5.74, 6) is -0.00104. The minimum Gasteiger partial charge on any atom is -0.399 e. The summed E-state index contributed by atoms with van der Waals surface area (Å²) in [7, 11) is 0. The highest BCUT2D eigenvalue weighted by Crippen LogP contribution is 2.13. The Balaban J connectivity index is 1.93. The zero-order chi connectivity index (χ0) is 13.8. The number of nitrogens with two attached hydrogens (primary N) is 1. The summed E-state index contributed by atoms with van der Waals surface area (Å²) in [6.45, 7) is 6.21. The summed E-state index contributed by atoms with van der Waals surface area (Å²) >= 11 is 0. The molecular formula is C14H21N3O2. The largest absolute Gasteiger partial charge is 0.399 e. The lowest BCUT2D eigenvalue weighted by Crippen LogP contribution is -2.50. The summed E-state index contributed by atoms with van der Waals surface area (Å²) in [6, 6.07) is 7.00. The first-order valence-corrected chi connectivity index (χ1v) is 6.58. The summed E-state index contributed by atoms with van der Waals surface area (Å²) in [4.78, 5) is 14.3. The maximum atomic E-state index is 12.2. The number of nitrogens with zero attached hydrogens (tertiary/aromatic N) is 1. The Morgan fingerprint density at radius 1 is 1.47 bits per heavy atom. The third-order valence-corrected chi connectivity index (χ3v) is 3.38. The average molecular weight is 263 g/mol. The molecular weight excluding hydrogens is 242 g/mol. The molecule has 0 saturated carbocycles. The van der Waals surface area contributed by atoms with Crippen LogP contribution in [0.15, 0.2) is 24.3 Å². The van der Waals surface area contributed by atoms with Crippen molar-refractivity contribution in [3.63, 3.8) is 0 Å². The molecule has 5 heteroatoms. The molecule has 2 rings (SSSR count). The number of ether oxygens (including phenoxy) is 1. The normalized spacial score (nSPS) is 21.9. The van der Waals surface area contributed by atoms with Crippen molar-refractivity contribution < 1.29 is 9.53 Å². The molecule has 0 aliphatic carbocycles. The predicted octanol–water partition coefficient (Wildman–Crippen LogP) is 1.32. The van der Waals surface area contributed by atoms with Gasteiger partial charge in [-0.25, -0.2) is 0 Å². The van der Waals surface area contributed by atoms with Crippen LogP contribution in [0.5, 0.6) is 0 Å². The fourth-order valence-corrected chi connectivity index (χ4v) is 2.18. The summed E-state index contributed by atoms with van der Waals surface area (Å²) in [5.41, 5.74) is 7.07. The lowest BCUT2D eigenvalue weighted by Gasteiger charge is -2.34. The predicted molar refractivity (Wildman–Crippen MR) is 75.9 cm³/mol. The Kier molecular flexibility index (Phi) is 4.39. The molecule has 0 spiro atoms. The zero-order valence-corrected chi connectivity index (χ0v) is 11.4. The number of benzene rings is 1. The van der Waals surface area contributed by atoms with Crippen molar-refractivity contribution in [3.05, 3.63) is 24.3 Å². The molecule has 2 atom stereocenters. The average Bonchev–Trinajstić information content (AvgIpc) is 2.40. The van der Waals surface area contributed by atoms with Gasteiger partial charge in [0.1, 0.15) is 0 Å². The van der Waals surface area contributed by atoms with Crippen molar-refractivity contribution >= 4 is 17.3 Å². The molecule has 19 heavy (non-hydrogen) atoms. The second kappa shape index (κ2) is 6.04. The number of nitrogen functional groups attached to an aromatic ring is 1. The molecule has 1 saturated heterocycles. The Morgan fingerprint density at radius 2 is 2.16 bits per heavy atom. The molecule has 1 amide bonds. The van der Waals surface area contributed by atoms with Crippen molar-refractivity contribution in [2.75, 3.05) is 30.7 Å². The highest BCUT2D eigenvalue weighted by Gasteiger charge is 2.25. The Labute approximate surface area is 113 Å². The van der Waals surface area contributed by atoms with E-state index in [-0.39, 0.29) is 18.1 Å². The molecule has 0 bridgehead atoms. The van der Waals surface area contributed by atoms with E-state index in [0.717, 1.165) is 18.8 Å². The topological polar surface area (TPSA) is 67.6 Å². The molecule has 1 heterocycles. The van der Waals surface area contributed by atoms with Crippen LogP contribution in [0.25, 0.3) is 0 Å². The summed E-state index contributed by atoms with van der Waals surface area (Å²) in [5, 5.41) is 2.90. The van der Waals surface area contributed by atoms with Crippen LogP contribution in [0.1, 0.15) is 13.8 Å². The van der Waals surface area contributed by atoms with Crippen LogP contribution in [-0.4, -0.2) is 42.6 Å². The van der Waals surface area contributed by atoms with Gasteiger partial charge in [-0.2, -0.15) is 0 Å². The van der Waals surface area contributed by atoms with Crippen LogP contribution in [-0.2, 0) is 9.53 Å². The number of nitrogens with one attached hydrogen (secondary N) is 1. The van der Waals surface area contributed by atoms with Crippen molar-refractivity contribution in [1.82, 2.24) is 4.90 Å². The number of hydrogen-bond donors (Lipinski definition) is 2. The number of morpholine rings is 1. The highest BCUT2D eigenvalue weighted by atomic mass is 16.5. The second-order valence-corrected chi connectivity index (χ2v) is 4.96. The highest BCUT2D eigenvalue weighted by molar-refractivity contribution is 5.94. The second-order valence-electron chi connectivity index (χ2n) is 4.96. The number of rotatable bonds is 3.